The van der Waals surface area contributed by atoms with Gasteiger partial charge in [-0.25, -0.2) is 0 Å². The number of aryl methyl sites for hydroxylation is 1. The summed E-state index contributed by atoms with van der Waals surface area (Å²) in [6, 6.07) is 10.6. The smallest absolute Gasteiger partial charge is 0.416 e. The van der Waals surface area contributed by atoms with Gasteiger partial charge in [-0.2, -0.15) is 13.2 Å². The first-order valence-electron chi connectivity index (χ1n) is 7.94. The lowest BCUT2D eigenvalue weighted by atomic mass is 10.1. The van der Waals surface area contributed by atoms with E-state index in [2.05, 4.69) is 5.32 Å². The molecule has 0 aliphatic rings. The van der Waals surface area contributed by atoms with Crippen LogP contribution in [0, 0.1) is 6.92 Å². The number of ether oxygens (including phenoxy) is 1. The van der Waals surface area contributed by atoms with Gasteiger partial charge < -0.3 is 10.1 Å². The maximum absolute atomic E-state index is 12.8. The van der Waals surface area contributed by atoms with Gasteiger partial charge in [0.2, 0.25) is 5.91 Å². The fraction of sp³-hybridized carbons (Fsp3) is 0.316. The summed E-state index contributed by atoms with van der Waals surface area (Å²) < 4.78 is 43.5. The normalized spacial score (nSPS) is 12.5. The number of benzene rings is 2. The summed E-state index contributed by atoms with van der Waals surface area (Å²) in [7, 11) is 1.52. The van der Waals surface area contributed by atoms with E-state index in [1.54, 1.807) is 25.1 Å². The SMILES string of the molecule is COc1ccc(C)cc1NC(=O)C(C)SCc1cccc(C(F)(F)F)c1. The zero-order valence-electron chi connectivity index (χ0n) is 14.7. The van der Waals surface area contributed by atoms with Gasteiger partial charge >= 0.3 is 6.18 Å². The lowest BCUT2D eigenvalue weighted by Crippen LogP contribution is -2.23. The molecular weight excluding hydrogens is 363 g/mol. The van der Waals surface area contributed by atoms with Gasteiger partial charge in [-0.05, 0) is 43.2 Å². The second kappa shape index (κ2) is 8.49. The quantitative estimate of drug-likeness (QED) is 0.737. The largest absolute Gasteiger partial charge is 0.495 e. The zero-order valence-corrected chi connectivity index (χ0v) is 15.5. The summed E-state index contributed by atoms with van der Waals surface area (Å²) in [6.07, 6.45) is -4.37. The number of methoxy groups -OCH3 is 1. The molecule has 7 heteroatoms. The molecule has 0 aromatic heterocycles. The fourth-order valence-corrected chi connectivity index (χ4v) is 3.12. The second-order valence-corrected chi connectivity index (χ2v) is 7.17. The van der Waals surface area contributed by atoms with Crippen LogP contribution in [0.1, 0.15) is 23.6 Å². The number of amides is 1. The van der Waals surface area contributed by atoms with Crippen LogP contribution < -0.4 is 10.1 Å². The number of halogens is 3. The highest BCUT2D eigenvalue weighted by atomic mass is 32.2. The van der Waals surface area contributed by atoms with Crippen molar-refractivity contribution in [3.05, 3.63) is 59.2 Å². The van der Waals surface area contributed by atoms with E-state index >= 15 is 0 Å². The maximum Gasteiger partial charge on any atom is 0.416 e. The van der Waals surface area contributed by atoms with Gasteiger partial charge in [0.1, 0.15) is 5.75 Å². The van der Waals surface area contributed by atoms with E-state index in [4.69, 9.17) is 4.74 Å². The molecular formula is C19H20F3NO2S. The van der Waals surface area contributed by atoms with Crippen LogP contribution >= 0.6 is 11.8 Å². The van der Waals surface area contributed by atoms with Crippen molar-refractivity contribution >= 4 is 23.4 Å². The molecule has 0 bridgehead atoms. The number of nitrogens with one attached hydrogen (secondary N) is 1. The molecule has 2 aromatic rings. The summed E-state index contributed by atoms with van der Waals surface area (Å²) in [4.78, 5) is 12.4. The van der Waals surface area contributed by atoms with Crippen LogP contribution in [0.3, 0.4) is 0 Å². The Morgan fingerprint density at radius 3 is 2.62 bits per heavy atom. The summed E-state index contributed by atoms with van der Waals surface area (Å²) in [6.45, 7) is 3.62. The molecule has 0 heterocycles. The van der Waals surface area contributed by atoms with E-state index in [-0.39, 0.29) is 5.91 Å². The van der Waals surface area contributed by atoms with Gasteiger partial charge in [0.15, 0.2) is 0 Å². The molecule has 0 aliphatic heterocycles. The van der Waals surface area contributed by atoms with Gasteiger partial charge in [-0.1, -0.05) is 24.3 Å². The van der Waals surface area contributed by atoms with Crippen molar-refractivity contribution in [1.29, 1.82) is 0 Å². The number of carbonyl (C=O) groups excluding carboxylic acids is 1. The number of carbonyl (C=O) groups is 1. The van der Waals surface area contributed by atoms with E-state index in [1.807, 2.05) is 13.0 Å². The molecule has 1 atom stereocenters. The van der Waals surface area contributed by atoms with Crippen molar-refractivity contribution in [2.24, 2.45) is 0 Å². The second-order valence-electron chi connectivity index (χ2n) is 5.84. The Bertz CT molecular complexity index is 778. The van der Waals surface area contributed by atoms with Crippen LogP contribution in [0.5, 0.6) is 5.75 Å². The Balaban J connectivity index is 1.99. The predicted molar refractivity (Wildman–Crippen MR) is 98.6 cm³/mol. The molecule has 0 saturated carbocycles. The highest BCUT2D eigenvalue weighted by molar-refractivity contribution is 7.99. The lowest BCUT2D eigenvalue weighted by Gasteiger charge is -2.15. The number of hydrogen-bond donors (Lipinski definition) is 1. The van der Waals surface area contributed by atoms with E-state index in [9.17, 15) is 18.0 Å². The molecule has 1 unspecified atom stereocenters. The Labute approximate surface area is 154 Å². The predicted octanol–water partition coefficient (Wildman–Crippen LogP) is 5.28. The van der Waals surface area contributed by atoms with Crippen LogP contribution in [0.4, 0.5) is 18.9 Å². The number of hydrogen-bond acceptors (Lipinski definition) is 3. The van der Waals surface area contributed by atoms with Crippen molar-refractivity contribution in [2.45, 2.75) is 31.0 Å². The van der Waals surface area contributed by atoms with Gasteiger partial charge in [0.05, 0.1) is 23.6 Å². The molecule has 0 spiro atoms. The van der Waals surface area contributed by atoms with E-state index in [1.165, 1.54) is 24.9 Å². The Morgan fingerprint density at radius 1 is 1.23 bits per heavy atom. The summed E-state index contributed by atoms with van der Waals surface area (Å²) >= 11 is 1.27. The standard InChI is InChI=1S/C19H20F3NO2S/c1-12-7-8-17(25-3)16(9-12)23-18(24)13(2)26-11-14-5-4-6-15(10-14)19(20,21)22/h4-10,13H,11H2,1-3H3,(H,23,24). The molecule has 0 radical (unpaired) electrons. The fourth-order valence-electron chi connectivity index (χ4n) is 2.29. The Kier molecular flexibility index (Phi) is 6.58. The average Bonchev–Trinajstić information content (AvgIpc) is 2.59. The highest BCUT2D eigenvalue weighted by Gasteiger charge is 2.30. The summed E-state index contributed by atoms with van der Waals surface area (Å²) in [5.74, 6) is 0.633. The molecule has 3 nitrogen and oxygen atoms in total. The topological polar surface area (TPSA) is 38.3 Å². The van der Waals surface area contributed by atoms with Crippen LogP contribution in [0.25, 0.3) is 0 Å². The molecule has 0 fully saturated rings. The van der Waals surface area contributed by atoms with E-state index < -0.39 is 17.0 Å². The average molecular weight is 383 g/mol. The third-order valence-electron chi connectivity index (χ3n) is 3.74. The summed E-state index contributed by atoms with van der Waals surface area (Å²) in [5, 5.41) is 2.37. The van der Waals surface area contributed by atoms with Crippen LogP contribution in [0.2, 0.25) is 0 Å². The van der Waals surface area contributed by atoms with Gasteiger partial charge in [0.25, 0.3) is 0 Å². The number of anilines is 1. The lowest BCUT2D eigenvalue weighted by molar-refractivity contribution is -0.137. The Morgan fingerprint density at radius 2 is 1.96 bits per heavy atom. The van der Waals surface area contributed by atoms with Gasteiger partial charge in [-0.15, -0.1) is 11.8 Å². The zero-order chi connectivity index (χ0) is 19.3. The van der Waals surface area contributed by atoms with Gasteiger partial charge in [-0.3, -0.25) is 4.79 Å². The Hall–Kier alpha value is -2.15. The molecule has 140 valence electrons. The van der Waals surface area contributed by atoms with Crippen molar-refractivity contribution in [1.82, 2.24) is 0 Å². The first-order valence-corrected chi connectivity index (χ1v) is 8.99. The highest BCUT2D eigenvalue weighted by Crippen LogP contribution is 2.31. The minimum atomic E-state index is -4.37. The maximum atomic E-state index is 12.8. The van der Waals surface area contributed by atoms with Crippen molar-refractivity contribution in [3.8, 4) is 5.75 Å². The van der Waals surface area contributed by atoms with E-state index in [0.29, 0.717) is 22.8 Å². The van der Waals surface area contributed by atoms with E-state index in [0.717, 1.165) is 17.7 Å². The van der Waals surface area contributed by atoms with Gasteiger partial charge in [0, 0.05) is 5.75 Å². The molecule has 2 rings (SSSR count). The van der Waals surface area contributed by atoms with Crippen LogP contribution in [-0.4, -0.2) is 18.3 Å². The molecule has 26 heavy (non-hydrogen) atoms. The minimum Gasteiger partial charge on any atom is -0.495 e. The first kappa shape index (κ1) is 20.2. The first-order chi connectivity index (χ1) is 12.2. The number of thioether (sulfide) groups is 1. The van der Waals surface area contributed by atoms with Crippen LogP contribution in [-0.2, 0) is 16.7 Å². The molecule has 0 aliphatic carbocycles. The van der Waals surface area contributed by atoms with Crippen molar-refractivity contribution < 1.29 is 22.7 Å². The molecule has 1 amide bonds. The van der Waals surface area contributed by atoms with Crippen molar-refractivity contribution in [2.75, 3.05) is 12.4 Å². The molecule has 0 saturated heterocycles. The van der Waals surface area contributed by atoms with Crippen molar-refractivity contribution in [3.63, 3.8) is 0 Å². The monoisotopic (exact) mass is 383 g/mol. The van der Waals surface area contributed by atoms with Crippen LogP contribution in [0.15, 0.2) is 42.5 Å². The minimum absolute atomic E-state index is 0.231. The number of rotatable bonds is 6. The third-order valence-corrected chi connectivity index (χ3v) is 4.95. The molecule has 2 aromatic carbocycles. The molecule has 1 N–H and O–H groups in total. The third kappa shape index (κ3) is 5.42. The number of alkyl halides is 3. The summed E-state index contributed by atoms with van der Waals surface area (Å²) in [5.41, 5.74) is 1.39.